The highest BCUT2D eigenvalue weighted by Gasteiger charge is 2.35. The molecule has 0 heterocycles. The second-order valence-electron chi connectivity index (χ2n) is 4.24. The molecule has 0 N–H and O–H groups in total. The Morgan fingerprint density at radius 3 is 1.41 bits per heavy atom. The van der Waals surface area contributed by atoms with E-state index in [0.717, 1.165) is 11.1 Å². The van der Waals surface area contributed by atoms with E-state index < -0.39 is 4.84 Å². The predicted octanol–water partition coefficient (Wildman–Crippen LogP) is 4.80. The van der Waals surface area contributed by atoms with Gasteiger partial charge in [0.25, 0.3) is 0 Å². The molecule has 2 rings (SSSR count). The summed E-state index contributed by atoms with van der Waals surface area (Å²) in [5.41, 5.74) is 1.87. The van der Waals surface area contributed by atoms with Gasteiger partial charge in [-0.05, 0) is 18.1 Å². The Morgan fingerprint density at radius 1 is 0.765 bits per heavy atom. The molecule has 2 aromatic carbocycles. The molecule has 0 nitrogen and oxygen atoms in total. The lowest BCUT2D eigenvalue weighted by atomic mass is 9.78. The summed E-state index contributed by atoms with van der Waals surface area (Å²) in [7, 11) is 0. The van der Waals surface area contributed by atoms with E-state index in [1.165, 1.54) is 0 Å². The van der Waals surface area contributed by atoms with Crippen molar-refractivity contribution in [3.05, 3.63) is 71.8 Å². The summed E-state index contributed by atoms with van der Waals surface area (Å²) >= 11 is 12.4. The minimum atomic E-state index is -0.493. The van der Waals surface area contributed by atoms with Gasteiger partial charge in [0.2, 0.25) is 0 Å². The molecule has 17 heavy (non-hydrogen) atoms. The Bertz CT molecular complexity index is 423. The van der Waals surface area contributed by atoms with Crippen LogP contribution in [0.1, 0.15) is 18.1 Å². The average Bonchev–Trinajstić information content (AvgIpc) is 2.39. The molecule has 0 bridgehead atoms. The highest BCUT2D eigenvalue weighted by Crippen LogP contribution is 2.39. The summed E-state index contributed by atoms with van der Waals surface area (Å²) in [4.78, 5) is -0.493. The van der Waals surface area contributed by atoms with Crippen molar-refractivity contribution >= 4 is 23.2 Å². The van der Waals surface area contributed by atoms with Crippen molar-refractivity contribution < 1.29 is 0 Å². The maximum atomic E-state index is 6.22. The Hall–Kier alpha value is -0.980. The number of benzene rings is 2. The third kappa shape index (κ3) is 2.34. The Kier molecular flexibility index (Phi) is 3.76. The SMILES string of the molecule is CC(c1ccccc1)(c1ccccc1)C(Cl)Cl. The second kappa shape index (κ2) is 5.12. The quantitative estimate of drug-likeness (QED) is 0.699. The van der Waals surface area contributed by atoms with Crippen LogP contribution in [0.3, 0.4) is 0 Å². The van der Waals surface area contributed by atoms with Crippen LogP contribution in [0.15, 0.2) is 60.7 Å². The lowest BCUT2D eigenvalue weighted by molar-refractivity contribution is 0.618. The van der Waals surface area contributed by atoms with Gasteiger partial charge >= 0.3 is 0 Å². The van der Waals surface area contributed by atoms with Crippen molar-refractivity contribution in [3.8, 4) is 0 Å². The van der Waals surface area contributed by atoms with Crippen LogP contribution >= 0.6 is 23.2 Å². The first-order valence-corrected chi connectivity index (χ1v) is 6.42. The normalized spacial score (nSPS) is 11.8. The molecule has 0 saturated carbocycles. The molecule has 0 aliphatic heterocycles. The van der Waals surface area contributed by atoms with Crippen LogP contribution < -0.4 is 0 Å². The van der Waals surface area contributed by atoms with Crippen LogP contribution in [0.5, 0.6) is 0 Å². The third-order valence-electron chi connectivity index (χ3n) is 3.18. The fourth-order valence-corrected chi connectivity index (χ4v) is 2.49. The monoisotopic (exact) mass is 264 g/mol. The molecular weight excluding hydrogens is 251 g/mol. The van der Waals surface area contributed by atoms with Gasteiger partial charge in [-0.2, -0.15) is 0 Å². The van der Waals surface area contributed by atoms with Crippen LogP contribution in [-0.4, -0.2) is 4.84 Å². The molecule has 0 aliphatic carbocycles. The topological polar surface area (TPSA) is 0 Å². The molecule has 88 valence electrons. The number of halogens is 2. The first-order chi connectivity index (χ1) is 8.15. The fraction of sp³-hybridized carbons (Fsp3) is 0.200. The van der Waals surface area contributed by atoms with Gasteiger partial charge in [-0.15, -0.1) is 23.2 Å². The molecule has 0 saturated heterocycles. The van der Waals surface area contributed by atoms with E-state index in [0.29, 0.717) is 0 Å². The summed E-state index contributed by atoms with van der Waals surface area (Å²) in [6.07, 6.45) is 0. The van der Waals surface area contributed by atoms with Gasteiger partial charge < -0.3 is 0 Å². The van der Waals surface area contributed by atoms with Crippen molar-refractivity contribution in [2.24, 2.45) is 0 Å². The van der Waals surface area contributed by atoms with E-state index in [1.54, 1.807) is 0 Å². The van der Waals surface area contributed by atoms with Crippen LogP contribution in [0.4, 0.5) is 0 Å². The molecule has 2 aromatic rings. The molecule has 0 amide bonds. The summed E-state index contributed by atoms with van der Waals surface area (Å²) in [6, 6.07) is 20.3. The smallest absolute Gasteiger partial charge is 0.104 e. The van der Waals surface area contributed by atoms with Crippen molar-refractivity contribution in [3.63, 3.8) is 0 Å². The van der Waals surface area contributed by atoms with Gasteiger partial charge in [-0.1, -0.05) is 60.7 Å². The first kappa shape index (κ1) is 12.5. The maximum absolute atomic E-state index is 6.22. The minimum Gasteiger partial charge on any atom is -0.104 e. The zero-order valence-electron chi connectivity index (χ0n) is 9.61. The Balaban J connectivity index is 2.55. The number of alkyl halides is 2. The highest BCUT2D eigenvalue weighted by molar-refractivity contribution is 6.45. The standard InChI is InChI=1S/C15H14Cl2/c1-15(14(16)17,12-8-4-2-5-9-12)13-10-6-3-7-11-13/h2-11,14H,1H3. The van der Waals surface area contributed by atoms with Crippen molar-refractivity contribution in [1.29, 1.82) is 0 Å². The Labute approximate surface area is 112 Å². The summed E-state index contributed by atoms with van der Waals surface area (Å²) in [5, 5.41) is 0. The van der Waals surface area contributed by atoms with E-state index >= 15 is 0 Å². The third-order valence-corrected chi connectivity index (χ3v) is 4.06. The fourth-order valence-electron chi connectivity index (χ4n) is 1.99. The lowest BCUT2D eigenvalue weighted by Crippen LogP contribution is -2.30. The van der Waals surface area contributed by atoms with Gasteiger partial charge in [-0.25, -0.2) is 0 Å². The van der Waals surface area contributed by atoms with E-state index in [1.807, 2.05) is 36.4 Å². The van der Waals surface area contributed by atoms with Gasteiger partial charge in [0, 0.05) is 5.41 Å². The van der Waals surface area contributed by atoms with Gasteiger partial charge in [0.05, 0.1) is 0 Å². The number of hydrogen-bond acceptors (Lipinski definition) is 0. The van der Waals surface area contributed by atoms with Gasteiger partial charge in [-0.3, -0.25) is 0 Å². The van der Waals surface area contributed by atoms with Crippen LogP contribution in [0.25, 0.3) is 0 Å². The van der Waals surface area contributed by atoms with Crippen molar-refractivity contribution in [2.75, 3.05) is 0 Å². The van der Waals surface area contributed by atoms with Crippen LogP contribution in [0, 0.1) is 0 Å². The second-order valence-corrected chi connectivity index (χ2v) is 5.33. The molecule has 0 unspecified atom stereocenters. The first-order valence-electron chi connectivity index (χ1n) is 5.55. The van der Waals surface area contributed by atoms with Crippen molar-refractivity contribution in [1.82, 2.24) is 0 Å². The summed E-state index contributed by atoms with van der Waals surface area (Å²) in [6.45, 7) is 2.07. The van der Waals surface area contributed by atoms with E-state index in [-0.39, 0.29) is 5.41 Å². The molecule has 0 atom stereocenters. The predicted molar refractivity (Wildman–Crippen MR) is 74.8 cm³/mol. The number of rotatable bonds is 3. The molecule has 0 radical (unpaired) electrons. The highest BCUT2D eigenvalue weighted by atomic mass is 35.5. The van der Waals surface area contributed by atoms with E-state index in [2.05, 4.69) is 31.2 Å². The maximum Gasteiger partial charge on any atom is 0.121 e. The molecular formula is C15H14Cl2. The van der Waals surface area contributed by atoms with Crippen molar-refractivity contribution in [2.45, 2.75) is 17.2 Å². The van der Waals surface area contributed by atoms with Gasteiger partial charge in [0.1, 0.15) is 4.84 Å². The molecule has 0 aromatic heterocycles. The largest absolute Gasteiger partial charge is 0.121 e. The van der Waals surface area contributed by atoms with E-state index in [9.17, 15) is 0 Å². The molecule has 0 aliphatic rings. The van der Waals surface area contributed by atoms with Gasteiger partial charge in [0.15, 0.2) is 0 Å². The molecule has 0 spiro atoms. The Morgan fingerprint density at radius 2 is 1.12 bits per heavy atom. The summed E-state index contributed by atoms with van der Waals surface area (Å²) in [5.74, 6) is 0. The number of hydrogen-bond donors (Lipinski definition) is 0. The molecule has 2 heteroatoms. The molecule has 0 fully saturated rings. The minimum absolute atomic E-state index is 0.383. The van der Waals surface area contributed by atoms with Crippen LogP contribution in [0.2, 0.25) is 0 Å². The summed E-state index contributed by atoms with van der Waals surface area (Å²) < 4.78 is 0. The van der Waals surface area contributed by atoms with E-state index in [4.69, 9.17) is 23.2 Å². The lowest BCUT2D eigenvalue weighted by Gasteiger charge is -2.32. The van der Waals surface area contributed by atoms with Crippen LogP contribution in [-0.2, 0) is 5.41 Å². The average molecular weight is 265 g/mol. The zero-order valence-corrected chi connectivity index (χ0v) is 11.1. The zero-order chi connectivity index (χ0) is 12.3.